The summed E-state index contributed by atoms with van der Waals surface area (Å²) in [6.07, 6.45) is 17.1. The number of rotatable bonds is 1. The fourth-order valence-corrected chi connectivity index (χ4v) is 1.10. The standard InChI is InChI=1S/C7H8O.C5H6.Fe/c1-6(8)7-4-2-3-5-7;1-2-4-5-3-1;/h2-5,7H,1H3;1-4H,5H2;. The third-order valence-corrected chi connectivity index (χ3v) is 1.87. The van der Waals surface area contributed by atoms with E-state index in [-0.39, 0.29) is 28.8 Å². The van der Waals surface area contributed by atoms with Gasteiger partial charge in [-0.1, -0.05) is 48.6 Å². The molecule has 0 unspecified atom stereocenters. The third kappa shape index (κ3) is 5.00. The zero-order chi connectivity index (χ0) is 9.52. The summed E-state index contributed by atoms with van der Waals surface area (Å²) in [5.41, 5.74) is 0. The van der Waals surface area contributed by atoms with Gasteiger partial charge in [0.25, 0.3) is 0 Å². The van der Waals surface area contributed by atoms with Gasteiger partial charge in [-0.25, -0.2) is 0 Å². The van der Waals surface area contributed by atoms with Crippen LogP contribution in [0.4, 0.5) is 0 Å². The average molecular weight is 230 g/mol. The number of carbonyl (C=O) groups excluding carboxylic acids is 1. The quantitative estimate of drug-likeness (QED) is 0.633. The molecule has 0 amide bonds. The Morgan fingerprint density at radius 2 is 1.57 bits per heavy atom. The molecule has 0 spiro atoms. The van der Waals surface area contributed by atoms with Crippen molar-refractivity contribution in [2.24, 2.45) is 5.92 Å². The Bertz CT molecular complexity index is 263. The molecule has 2 aliphatic rings. The van der Waals surface area contributed by atoms with Crippen molar-refractivity contribution in [3.63, 3.8) is 0 Å². The molecule has 2 heteroatoms. The first kappa shape index (κ1) is 13.1. The summed E-state index contributed by atoms with van der Waals surface area (Å²) in [4.78, 5) is 10.5. The van der Waals surface area contributed by atoms with Gasteiger partial charge in [0.1, 0.15) is 5.78 Å². The number of allylic oxidation sites excluding steroid dienone is 8. The van der Waals surface area contributed by atoms with Crippen molar-refractivity contribution in [1.29, 1.82) is 0 Å². The molecule has 0 N–H and O–H groups in total. The molecule has 0 aromatic carbocycles. The molecular formula is C12H14FeO. The zero-order valence-corrected chi connectivity index (χ0v) is 9.27. The molecule has 0 saturated carbocycles. The van der Waals surface area contributed by atoms with Gasteiger partial charge in [-0.3, -0.25) is 4.79 Å². The molecule has 0 aromatic rings. The smallest absolute Gasteiger partial charge is 0.140 e. The zero-order valence-electron chi connectivity index (χ0n) is 8.17. The van der Waals surface area contributed by atoms with E-state index in [9.17, 15) is 4.79 Å². The van der Waals surface area contributed by atoms with Gasteiger partial charge in [-0.2, -0.15) is 0 Å². The number of hydrogen-bond acceptors (Lipinski definition) is 1. The second-order valence-corrected chi connectivity index (χ2v) is 3.00. The van der Waals surface area contributed by atoms with Crippen LogP contribution in [0.25, 0.3) is 0 Å². The monoisotopic (exact) mass is 230 g/mol. The molecule has 0 aromatic heterocycles. The molecule has 0 aliphatic heterocycles. The van der Waals surface area contributed by atoms with Gasteiger partial charge in [-0.15, -0.1) is 0 Å². The van der Waals surface area contributed by atoms with Crippen LogP contribution in [-0.2, 0) is 21.9 Å². The van der Waals surface area contributed by atoms with Gasteiger partial charge < -0.3 is 0 Å². The topological polar surface area (TPSA) is 17.1 Å². The molecule has 1 nitrogen and oxygen atoms in total. The van der Waals surface area contributed by atoms with Crippen molar-refractivity contribution in [3.8, 4) is 0 Å². The summed E-state index contributed by atoms with van der Waals surface area (Å²) in [5.74, 6) is 0.282. The van der Waals surface area contributed by atoms with Crippen molar-refractivity contribution in [2.75, 3.05) is 0 Å². The molecule has 0 fully saturated rings. The Balaban J connectivity index is 0.000000246. The summed E-state index contributed by atoms with van der Waals surface area (Å²) in [6.45, 7) is 1.60. The molecule has 0 radical (unpaired) electrons. The van der Waals surface area contributed by atoms with Gasteiger partial charge >= 0.3 is 0 Å². The van der Waals surface area contributed by atoms with Gasteiger partial charge in [0.2, 0.25) is 0 Å². The second-order valence-electron chi connectivity index (χ2n) is 3.00. The SMILES string of the molecule is C1=CCC=C1.CC(=O)C1C=CC=C1.[Fe]. The Morgan fingerprint density at radius 3 is 1.79 bits per heavy atom. The average Bonchev–Trinajstić information content (AvgIpc) is 2.82. The van der Waals surface area contributed by atoms with E-state index in [0.29, 0.717) is 0 Å². The molecule has 0 saturated heterocycles. The van der Waals surface area contributed by atoms with Crippen LogP contribution in [0.3, 0.4) is 0 Å². The van der Waals surface area contributed by atoms with Crippen molar-refractivity contribution in [1.82, 2.24) is 0 Å². The largest absolute Gasteiger partial charge is 0.299 e. The fourth-order valence-electron chi connectivity index (χ4n) is 1.10. The molecule has 2 rings (SSSR count). The van der Waals surface area contributed by atoms with E-state index in [1.54, 1.807) is 6.92 Å². The molecule has 76 valence electrons. The summed E-state index contributed by atoms with van der Waals surface area (Å²) < 4.78 is 0. The van der Waals surface area contributed by atoms with E-state index < -0.39 is 0 Å². The van der Waals surface area contributed by atoms with E-state index in [0.717, 1.165) is 6.42 Å². The predicted octanol–water partition coefficient (Wildman–Crippen LogP) is 2.82. The molecule has 0 atom stereocenters. The number of Topliss-reactive ketones (excluding diaryl/α,β-unsaturated/α-hetero) is 1. The minimum atomic E-state index is 0. The summed E-state index contributed by atoms with van der Waals surface area (Å²) in [6, 6.07) is 0. The van der Waals surface area contributed by atoms with Crippen LogP contribution in [0.1, 0.15) is 13.3 Å². The maximum Gasteiger partial charge on any atom is 0.140 e. The predicted molar refractivity (Wildman–Crippen MR) is 55.3 cm³/mol. The first-order valence-corrected chi connectivity index (χ1v) is 4.48. The van der Waals surface area contributed by atoms with Gasteiger partial charge in [-0.05, 0) is 13.3 Å². The number of ketones is 1. The first-order valence-electron chi connectivity index (χ1n) is 4.48. The number of carbonyl (C=O) groups is 1. The van der Waals surface area contributed by atoms with Crippen molar-refractivity contribution >= 4 is 5.78 Å². The van der Waals surface area contributed by atoms with Crippen molar-refractivity contribution in [2.45, 2.75) is 13.3 Å². The maximum absolute atomic E-state index is 10.5. The molecule has 0 heterocycles. The molecule has 0 bridgehead atoms. The minimum absolute atomic E-state index is 0. The van der Waals surface area contributed by atoms with Gasteiger partial charge in [0.15, 0.2) is 0 Å². The van der Waals surface area contributed by atoms with E-state index in [4.69, 9.17) is 0 Å². The Labute approximate surface area is 95.7 Å². The van der Waals surface area contributed by atoms with Crippen LogP contribution < -0.4 is 0 Å². The normalized spacial score (nSPS) is 16.4. The van der Waals surface area contributed by atoms with E-state index in [2.05, 4.69) is 24.3 Å². The Hall–Kier alpha value is -0.851. The Kier molecular flexibility index (Phi) is 7.09. The van der Waals surface area contributed by atoms with E-state index >= 15 is 0 Å². The molecular weight excluding hydrogens is 216 g/mol. The molecule has 14 heavy (non-hydrogen) atoms. The van der Waals surface area contributed by atoms with Crippen LogP contribution in [0, 0.1) is 5.92 Å². The van der Waals surface area contributed by atoms with Crippen molar-refractivity contribution in [3.05, 3.63) is 48.6 Å². The summed E-state index contributed by atoms with van der Waals surface area (Å²) in [5, 5.41) is 0. The molecule has 2 aliphatic carbocycles. The third-order valence-electron chi connectivity index (χ3n) is 1.87. The van der Waals surface area contributed by atoms with Crippen LogP contribution in [0.5, 0.6) is 0 Å². The van der Waals surface area contributed by atoms with Crippen molar-refractivity contribution < 1.29 is 21.9 Å². The second kappa shape index (κ2) is 7.54. The Morgan fingerprint density at radius 1 is 1.07 bits per heavy atom. The summed E-state index contributed by atoms with van der Waals surface area (Å²) >= 11 is 0. The maximum atomic E-state index is 10.5. The first-order chi connectivity index (χ1) is 6.30. The fraction of sp³-hybridized carbons (Fsp3) is 0.250. The van der Waals surface area contributed by atoms with E-state index in [1.807, 2.05) is 24.3 Å². The minimum Gasteiger partial charge on any atom is -0.299 e. The van der Waals surface area contributed by atoms with Crippen LogP contribution in [0.2, 0.25) is 0 Å². The van der Waals surface area contributed by atoms with Crippen LogP contribution in [0.15, 0.2) is 48.6 Å². The van der Waals surface area contributed by atoms with Gasteiger partial charge in [0.05, 0.1) is 5.92 Å². The van der Waals surface area contributed by atoms with Crippen LogP contribution >= 0.6 is 0 Å². The number of hydrogen-bond donors (Lipinski definition) is 0. The van der Waals surface area contributed by atoms with Gasteiger partial charge in [0, 0.05) is 17.1 Å². The van der Waals surface area contributed by atoms with Crippen LogP contribution in [-0.4, -0.2) is 5.78 Å². The summed E-state index contributed by atoms with van der Waals surface area (Å²) in [7, 11) is 0. The van der Waals surface area contributed by atoms with E-state index in [1.165, 1.54) is 0 Å².